The Bertz CT molecular complexity index is 390. The maximum absolute atomic E-state index is 11.4. The molecular formula is C9H15N5O3. The van der Waals surface area contributed by atoms with E-state index in [0.29, 0.717) is 6.54 Å². The van der Waals surface area contributed by atoms with E-state index in [9.17, 15) is 9.59 Å². The van der Waals surface area contributed by atoms with Gasteiger partial charge in [-0.15, -0.1) is 5.10 Å². The number of amides is 1. The van der Waals surface area contributed by atoms with Gasteiger partial charge < -0.3 is 10.1 Å². The highest BCUT2D eigenvalue weighted by atomic mass is 16.5. The van der Waals surface area contributed by atoms with Crippen LogP contribution in [-0.2, 0) is 16.1 Å². The number of aromatic nitrogens is 4. The number of hydrogen-bond donors (Lipinski definition) is 1. The smallest absolute Gasteiger partial charge is 0.378 e. The number of carbonyl (C=O) groups is 2. The zero-order valence-corrected chi connectivity index (χ0v) is 9.84. The zero-order valence-electron chi connectivity index (χ0n) is 9.84. The number of hydrogen-bond acceptors (Lipinski definition) is 6. The second kappa shape index (κ2) is 6.56. The number of rotatable bonds is 6. The van der Waals surface area contributed by atoms with Crippen molar-refractivity contribution in [1.82, 2.24) is 25.5 Å². The molecule has 1 aromatic heterocycles. The molecule has 0 saturated carbocycles. The van der Waals surface area contributed by atoms with E-state index >= 15 is 0 Å². The maximum atomic E-state index is 11.4. The number of esters is 1. The lowest BCUT2D eigenvalue weighted by molar-refractivity contribution is -0.121. The van der Waals surface area contributed by atoms with Gasteiger partial charge in [0.15, 0.2) is 0 Å². The van der Waals surface area contributed by atoms with Gasteiger partial charge >= 0.3 is 5.97 Å². The van der Waals surface area contributed by atoms with Crippen molar-refractivity contribution in [3.05, 3.63) is 5.82 Å². The highest BCUT2D eigenvalue weighted by Crippen LogP contribution is 1.97. The molecule has 8 heteroatoms. The van der Waals surface area contributed by atoms with Crippen molar-refractivity contribution in [3.8, 4) is 0 Å². The Morgan fingerprint density at radius 1 is 1.41 bits per heavy atom. The predicted octanol–water partition coefficient (Wildman–Crippen LogP) is -0.624. The van der Waals surface area contributed by atoms with Crippen LogP contribution in [0.4, 0.5) is 0 Å². The highest BCUT2D eigenvalue weighted by molar-refractivity contribution is 5.85. The fourth-order valence-electron chi connectivity index (χ4n) is 1.19. The quantitative estimate of drug-likeness (QED) is 0.666. The van der Waals surface area contributed by atoms with Crippen molar-refractivity contribution in [2.75, 3.05) is 13.2 Å². The first kappa shape index (κ1) is 13.1. The summed E-state index contributed by atoms with van der Waals surface area (Å²) >= 11 is 0. The summed E-state index contributed by atoms with van der Waals surface area (Å²) in [5.74, 6) is -0.692. The van der Waals surface area contributed by atoms with Gasteiger partial charge in [-0.2, -0.15) is 0 Å². The van der Waals surface area contributed by atoms with Gasteiger partial charge in [-0.05, 0) is 24.3 Å². The summed E-state index contributed by atoms with van der Waals surface area (Å²) in [6.45, 7) is 4.59. The van der Waals surface area contributed by atoms with Crippen molar-refractivity contribution in [1.29, 1.82) is 0 Å². The van der Waals surface area contributed by atoms with E-state index in [2.05, 4.69) is 20.8 Å². The monoisotopic (exact) mass is 241 g/mol. The summed E-state index contributed by atoms with van der Waals surface area (Å²) in [5, 5.41) is 13.2. The van der Waals surface area contributed by atoms with E-state index in [-0.39, 0.29) is 31.3 Å². The molecule has 1 heterocycles. The average molecular weight is 241 g/mol. The molecule has 0 bridgehead atoms. The van der Waals surface area contributed by atoms with Crippen molar-refractivity contribution in [2.45, 2.75) is 26.8 Å². The molecule has 1 amide bonds. The molecule has 0 radical (unpaired) electrons. The van der Waals surface area contributed by atoms with Crippen LogP contribution in [0.5, 0.6) is 0 Å². The summed E-state index contributed by atoms with van der Waals surface area (Å²) in [4.78, 5) is 22.6. The molecule has 0 aromatic carbocycles. The molecule has 17 heavy (non-hydrogen) atoms. The van der Waals surface area contributed by atoms with Crippen LogP contribution in [0.1, 0.15) is 30.9 Å². The molecule has 1 aromatic rings. The third kappa shape index (κ3) is 3.82. The molecular weight excluding hydrogens is 226 g/mol. The van der Waals surface area contributed by atoms with Crippen molar-refractivity contribution in [2.24, 2.45) is 0 Å². The molecule has 94 valence electrons. The molecule has 0 saturated heterocycles. The van der Waals surface area contributed by atoms with E-state index in [1.54, 1.807) is 6.92 Å². The third-order valence-electron chi connectivity index (χ3n) is 1.91. The average Bonchev–Trinajstić information content (AvgIpc) is 2.75. The molecule has 0 aliphatic heterocycles. The van der Waals surface area contributed by atoms with Crippen LogP contribution in [0.25, 0.3) is 0 Å². The third-order valence-corrected chi connectivity index (χ3v) is 1.91. The molecule has 0 unspecified atom stereocenters. The van der Waals surface area contributed by atoms with Gasteiger partial charge in [0.1, 0.15) is 0 Å². The van der Waals surface area contributed by atoms with Crippen molar-refractivity contribution in [3.63, 3.8) is 0 Å². The Hall–Kier alpha value is -1.99. The second-order valence-corrected chi connectivity index (χ2v) is 3.15. The lowest BCUT2D eigenvalue weighted by atomic mass is 10.4. The number of aryl methyl sites for hydroxylation is 1. The van der Waals surface area contributed by atoms with Crippen LogP contribution >= 0.6 is 0 Å². The van der Waals surface area contributed by atoms with Gasteiger partial charge in [-0.1, -0.05) is 0 Å². The standard InChI is InChI=1S/C9H15N5O3/c1-3-10-7(15)5-6-14-8(11-12-13-14)9(16)17-4-2/h3-6H2,1-2H3,(H,10,15). The van der Waals surface area contributed by atoms with Gasteiger partial charge in [-0.25, -0.2) is 9.48 Å². The Morgan fingerprint density at radius 3 is 2.82 bits per heavy atom. The number of ether oxygens (including phenoxy) is 1. The summed E-state index contributed by atoms with van der Waals surface area (Å²) in [6.07, 6.45) is 0.214. The van der Waals surface area contributed by atoms with Crippen LogP contribution in [0.15, 0.2) is 0 Å². The Balaban J connectivity index is 2.57. The van der Waals surface area contributed by atoms with Crippen LogP contribution < -0.4 is 5.32 Å². The van der Waals surface area contributed by atoms with Crippen LogP contribution in [0.3, 0.4) is 0 Å². The molecule has 0 aliphatic carbocycles. The largest absolute Gasteiger partial charge is 0.460 e. The Kier molecular flexibility index (Phi) is 5.05. The first-order chi connectivity index (χ1) is 8.19. The maximum Gasteiger partial charge on any atom is 0.378 e. The first-order valence-corrected chi connectivity index (χ1v) is 5.39. The number of nitrogens with one attached hydrogen (secondary N) is 1. The van der Waals surface area contributed by atoms with Crippen molar-refractivity contribution < 1.29 is 14.3 Å². The van der Waals surface area contributed by atoms with E-state index in [0.717, 1.165) is 0 Å². The van der Waals surface area contributed by atoms with E-state index in [4.69, 9.17) is 4.74 Å². The molecule has 8 nitrogen and oxygen atoms in total. The lowest BCUT2D eigenvalue weighted by Gasteiger charge is -2.04. The van der Waals surface area contributed by atoms with Crippen LogP contribution in [-0.4, -0.2) is 45.2 Å². The van der Waals surface area contributed by atoms with E-state index in [1.165, 1.54) is 4.68 Å². The van der Waals surface area contributed by atoms with Gasteiger partial charge in [0, 0.05) is 13.0 Å². The van der Waals surface area contributed by atoms with E-state index in [1.807, 2.05) is 6.92 Å². The highest BCUT2D eigenvalue weighted by Gasteiger charge is 2.16. The summed E-state index contributed by atoms with van der Waals surface area (Å²) in [6, 6.07) is 0. The summed E-state index contributed by atoms with van der Waals surface area (Å²) < 4.78 is 6.04. The fraction of sp³-hybridized carbons (Fsp3) is 0.667. The SMILES string of the molecule is CCNC(=O)CCn1nnnc1C(=O)OCC. The molecule has 1 rings (SSSR count). The molecule has 0 spiro atoms. The topological polar surface area (TPSA) is 99.0 Å². The molecule has 0 aliphatic rings. The molecule has 0 atom stereocenters. The van der Waals surface area contributed by atoms with Crippen LogP contribution in [0.2, 0.25) is 0 Å². The Morgan fingerprint density at radius 2 is 2.18 bits per heavy atom. The minimum atomic E-state index is -0.589. The summed E-state index contributed by atoms with van der Waals surface area (Å²) in [7, 11) is 0. The number of carbonyl (C=O) groups excluding carboxylic acids is 2. The van der Waals surface area contributed by atoms with Crippen molar-refractivity contribution >= 4 is 11.9 Å². The normalized spacial score (nSPS) is 10.0. The lowest BCUT2D eigenvalue weighted by Crippen LogP contribution is -2.25. The second-order valence-electron chi connectivity index (χ2n) is 3.15. The Labute approximate surface area is 98.3 Å². The van der Waals surface area contributed by atoms with Gasteiger partial charge in [0.2, 0.25) is 5.91 Å². The minimum Gasteiger partial charge on any atom is -0.460 e. The zero-order chi connectivity index (χ0) is 12.7. The molecule has 0 fully saturated rings. The predicted molar refractivity (Wildman–Crippen MR) is 57.1 cm³/mol. The van der Waals surface area contributed by atoms with E-state index < -0.39 is 5.97 Å². The first-order valence-electron chi connectivity index (χ1n) is 5.39. The fourth-order valence-corrected chi connectivity index (χ4v) is 1.19. The minimum absolute atomic E-state index is 0.0103. The van der Waals surface area contributed by atoms with Gasteiger partial charge in [0.05, 0.1) is 13.2 Å². The van der Waals surface area contributed by atoms with Gasteiger partial charge in [-0.3, -0.25) is 4.79 Å². The number of tetrazole rings is 1. The molecule has 1 N–H and O–H groups in total. The van der Waals surface area contributed by atoms with Crippen LogP contribution in [0, 0.1) is 0 Å². The summed E-state index contributed by atoms with van der Waals surface area (Å²) in [5.41, 5.74) is 0. The van der Waals surface area contributed by atoms with Gasteiger partial charge in [0.25, 0.3) is 5.82 Å². The number of nitrogens with zero attached hydrogens (tertiary/aromatic N) is 4.